The first kappa shape index (κ1) is 16.9. The van der Waals surface area contributed by atoms with Crippen molar-refractivity contribution in [1.82, 2.24) is 10.9 Å². The molecule has 6 nitrogen and oxygen atoms in total. The van der Waals surface area contributed by atoms with Crippen LogP contribution in [0, 0.1) is 10.1 Å². The van der Waals surface area contributed by atoms with Crippen LogP contribution in [0.3, 0.4) is 0 Å². The molecule has 0 aromatic heterocycles. The molecule has 0 spiro atoms. The number of nitrogens with two attached hydrogens (primary N) is 1. The Balaban J connectivity index is 0.00000154. The van der Waals surface area contributed by atoms with Gasteiger partial charge in [-0.2, -0.15) is 0 Å². The highest BCUT2D eigenvalue weighted by Crippen LogP contribution is 2.18. The van der Waals surface area contributed by atoms with Gasteiger partial charge in [0.2, 0.25) is 0 Å². The smallest absolute Gasteiger partial charge is 0.269 e. The van der Waals surface area contributed by atoms with Crippen molar-refractivity contribution in [2.24, 2.45) is 5.73 Å². The number of nitrogens with zero attached hydrogens (tertiary/aromatic N) is 1. The Bertz CT molecular complexity index is 427. The van der Waals surface area contributed by atoms with Crippen LogP contribution in [-0.2, 0) is 0 Å². The molecule has 0 saturated carbocycles. The molecule has 106 valence electrons. The summed E-state index contributed by atoms with van der Waals surface area (Å²) in [4.78, 5) is 10.1. The largest absolute Gasteiger partial charge is 0.400 e. The average molecular weight is 266 g/mol. The Morgan fingerprint density at radius 1 is 1.32 bits per heavy atom. The van der Waals surface area contributed by atoms with Gasteiger partial charge in [-0.1, -0.05) is 20.8 Å². The maximum Gasteiger partial charge on any atom is 0.269 e. The molecular formula is C13H22N4O2. The van der Waals surface area contributed by atoms with Gasteiger partial charge >= 0.3 is 0 Å². The Morgan fingerprint density at radius 3 is 2.21 bits per heavy atom. The zero-order valence-electron chi connectivity index (χ0n) is 11.9. The molecule has 0 bridgehead atoms. The Hall–Kier alpha value is -2.08. The molecule has 0 unspecified atom stereocenters. The van der Waals surface area contributed by atoms with E-state index in [1.165, 1.54) is 12.1 Å². The third kappa shape index (κ3) is 4.97. The van der Waals surface area contributed by atoms with Crippen molar-refractivity contribution in [3.8, 4) is 0 Å². The predicted octanol–water partition coefficient (Wildman–Crippen LogP) is 2.38. The van der Waals surface area contributed by atoms with Crippen LogP contribution in [0.25, 0.3) is 5.70 Å². The summed E-state index contributed by atoms with van der Waals surface area (Å²) in [5, 5.41) is 10.5. The number of nitro benzene ring substituents is 1. The summed E-state index contributed by atoms with van der Waals surface area (Å²) in [6.45, 7) is 5.94. The predicted molar refractivity (Wildman–Crippen MR) is 78.0 cm³/mol. The first-order chi connectivity index (χ1) is 9.10. The maximum absolute atomic E-state index is 10.5. The van der Waals surface area contributed by atoms with Gasteiger partial charge in [-0.25, -0.2) is 5.43 Å². The molecule has 0 aliphatic carbocycles. The van der Waals surface area contributed by atoms with Crippen LogP contribution in [0.15, 0.2) is 30.0 Å². The van der Waals surface area contributed by atoms with Crippen molar-refractivity contribution in [3.05, 3.63) is 45.6 Å². The molecule has 0 heterocycles. The second-order valence-electron chi connectivity index (χ2n) is 3.43. The molecule has 0 atom stereocenters. The Labute approximate surface area is 113 Å². The van der Waals surface area contributed by atoms with Crippen molar-refractivity contribution in [2.75, 3.05) is 7.05 Å². The van der Waals surface area contributed by atoms with E-state index >= 15 is 0 Å². The fourth-order valence-corrected chi connectivity index (χ4v) is 1.39. The van der Waals surface area contributed by atoms with E-state index in [4.69, 9.17) is 5.73 Å². The number of non-ortho nitro benzene ring substituents is 1. The number of benzene rings is 1. The molecule has 1 aromatic rings. The van der Waals surface area contributed by atoms with E-state index in [9.17, 15) is 10.1 Å². The highest BCUT2D eigenvalue weighted by atomic mass is 16.6. The molecular weight excluding hydrogens is 244 g/mol. The summed E-state index contributed by atoms with van der Waals surface area (Å²) >= 11 is 0. The minimum atomic E-state index is -0.429. The molecule has 0 fully saturated rings. The van der Waals surface area contributed by atoms with E-state index in [-0.39, 0.29) is 5.69 Å². The van der Waals surface area contributed by atoms with Gasteiger partial charge in [-0.3, -0.25) is 10.1 Å². The van der Waals surface area contributed by atoms with Gasteiger partial charge in [0.1, 0.15) is 0 Å². The van der Waals surface area contributed by atoms with Crippen molar-refractivity contribution in [3.63, 3.8) is 0 Å². The summed E-state index contributed by atoms with van der Waals surface area (Å²) in [6, 6.07) is 6.24. The molecule has 1 aromatic carbocycles. The lowest BCUT2D eigenvalue weighted by Gasteiger charge is -2.13. The van der Waals surface area contributed by atoms with Crippen LogP contribution in [0.1, 0.15) is 32.8 Å². The molecule has 1 rings (SSSR count). The molecule has 4 N–H and O–H groups in total. The molecule has 0 aliphatic heterocycles. The number of hydrogen-bond donors (Lipinski definition) is 3. The van der Waals surface area contributed by atoms with Crippen molar-refractivity contribution in [2.45, 2.75) is 27.2 Å². The van der Waals surface area contributed by atoms with Crippen LogP contribution in [0.5, 0.6) is 0 Å². The van der Waals surface area contributed by atoms with Crippen LogP contribution in [-0.4, -0.2) is 12.0 Å². The summed E-state index contributed by atoms with van der Waals surface area (Å²) in [5.41, 5.74) is 13.9. The molecule has 0 radical (unpaired) electrons. The van der Waals surface area contributed by atoms with Gasteiger partial charge in [0.05, 0.1) is 10.6 Å². The van der Waals surface area contributed by atoms with Gasteiger partial charge < -0.3 is 11.2 Å². The second-order valence-corrected chi connectivity index (χ2v) is 3.43. The van der Waals surface area contributed by atoms with Crippen LogP contribution in [0.4, 0.5) is 5.69 Å². The SMILES string of the molecule is CC.CC/C(N)=C(\NNC)c1ccc([N+](=O)[O-])cc1. The topological polar surface area (TPSA) is 93.2 Å². The Kier molecular flexibility index (Phi) is 7.95. The third-order valence-electron chi connectivity index (χ3n) is 2.32. The quantitative estimate of drug-likeness (QED) is 0.562. The lowest BCUT2D eigenvalue weighted by molar-refractivity contribution is -0.384. The molecule has 6 heteroatoms. The van der Waals surface area contributed by atoms with E-state index in [2.05, 4.69) is 10.9 Å². The highest BCUT2D eigenvalue weighted by Gasteiger charge is 2.08. The van der Waals surface area contributed by atoms with Crippen molar-refractivity contribution in [1.29, 1.82) is 0 Å². The van der Waals surface area contributed by atoms with Crippen molar-refractivity contribution >= 4 is 11.4 Å². The van der Waals surface area contributed by atoms with Crippen LogP contribution < -0.4 is 16.6 Å². The minimum absolute atomic E-state index is 0.0626. The fourth-order valence-electron chi connectivity index (χ4n) is 1.39. The summed E-state index contributed by atoms with van der Waals surface area (Å²) in [7, 11) is 1.73. The number of allylic oxidation sites excluding steroid dienone is 1. The maximum atomic E-state index is 10.5. The number of nitro groups is 1. The molecule has 0 amide bonds. The normalized spacial score (nSPS) is 10.9. The van der Waals surface area contributed by atoms with Gasteiger partial charge in [0, 0.05) is 30.4 Å². The first-order valence-electron chi connectivity index (χ1n) is 6.26. The van der Waals surface area contributed by atoms with E-state index in [1.807, 2.05) is 20.8 Å². The average Bonchev–Trinajstić information content (AvgIpc) is 2.46. The standard InChI is InChI=1S/C11H16N4O2.C2H6/c1-3-10(12)11(14-13-2)8-4-6-9(7-5-8)15(16)17;1-2/h4-7,13-14H,3,12H2,1-2H3;1-2H3/b11-10+;. The van der Waals surface area contributed by atoms with Crippen LogP contribution >= 0.6 is 0 Å². The summed E-state index contributed by atoms with van der Waals surface area (Å²) in [5.74, 6) is 0. The summed E-state index contributed by atoms with van der Waals surface area (Å²) in [6.07, 6.45) is 0.695. The molecule has 0 aliphatic rings. The van der Waals surface area contributed by atoms with Gasteiger partial charge in [-0.15, -0.1) is 0 Å². The van der Waals surface area contributed by atoms with E-state index in [0.29, 0.717) is 12.1 Å². The lowest BCUT2D eigenvalue weighted by Crippen LogP contribution is -2.28. The van der Waals surface area contributed by atoms with Gasteiger partial charge in [-0.05, 0) is 18.6 Å². The van der Waals surface area contributed by atoms with Gasteiger partial charge in [0.25, 0.3) is 5.69 Å². The molecule has 0 saturated heterocycles. The van der Waals surface area contributed by atoms with E-state index in [1.54, 1.807) is 19.2 Å². The zero-order chi connectivity index (χ0) is 14.8. The van der Waals surface area contributed by atoms with Crippen LogP contribution in [0.2, 0.25) is 0 Å². The fraction of sp³-hybridized carbons (Fsp3) is 0.385. The molecule has 19 heavy (non-hydrogen) atoms. The number of nitrogens with one attached hydrogen (secondary N) is 2. The third-order valence-corrected chi connectivity index (χ3v) is 2.32. The number of hydrazine groups is 1. The second kappa shape index (κ2) is 8.93. The Morgan fingerprint density at radius 2 is 1.84 bits per heavy atom. The summed E-state index contributed by atoms with van der Waals surface area (Å²) < 4.78 is 0. The highest BCUT2D eigenvalue weighted by molar-refractivity contribution is 5.67. The monoisotopic (exact) mass is 266 g/mol. The van der Waals surface area contributed by atoms with Gasteiger partial charge in [0.15, 0.2) is 0 Å². The lowest BCUT2D eigenvalue weighted by atomic mass is 10.1. The minimum Gasteiger partial charge on any atom is -0.400 e. The first-order valence-corrected chi connectivity index (χ1v) is 6.26. The van der Waals surface area contributed by atoms with E-state index in [0.717, 1.165) is 11.3 Å². The zero-order valence-corrected chi connectivity index (χ0v) is 11.9. The number of rotatable bonds is 5. The van der Waals surface area contributed by atoms with Crippen molar-refractivity contribution < 1.29 is 4.92 Å². The van der Waals surface area contributed by atoms with E-state index < -0.39 is 4.92 Å². The number of hydrogen-bond acceptors (Lipinski definition) is 5.